The largest absolute Gasteiger partial charge is 0.270 e. The molecule has 1 aliphatic rings. The highest BCUT2D eigenvalue weighted by molar-refractivity contribution is 8.27. The van der Waals surface area contributed by atoms with E-state index in [4.69, 9.17) is 12.2 Å². The quantitative estimate of drug-likeness (QED) is 0.591. The molecule has 1 aromatic carbocycles. The summed E-state index contributed by atoms with van der Waals surface area (Å²) in [4.78, 5) is 15.5. The van der Waals surface area contributed by atoms with Gasteiger partial charge in [-0.25, -0.2) is 4.39 Å². The number of thioether (sulfide) groups is 1. The maximum absolute atomic E-state index is 13.3. The average Bonchev–Trinajstić information content (AvgIpc) is 2.95. The fourth-order valence-electron chi connectivity index (χ4n) is 1.96. The smallest absolute Gasteiger partial charge is 0.268 e. The summed E-state index contributed by atoms with van der Waals surface area (Å²) < 4.78 is 13.8. The summed E-state index contributed by atoms with van der Waals surface area (Å²) in [7, 11) is 0. The molecule has 2 aromatic rings. The van der Waals surface area contributed by atoms with E-state index in [0.717, 1.165) is 10.4 Å². The predicted octanol–water partition coefficient (Wildman–Crippen LogP) is 4.60. The Labute approximate surface area is 135 Å². The van der Waals surface area contributed by atoms with E-state index in [1.54, 1.807) is 23.5 Å². The number of benzene rings is 1. The van der Waals surface area contributed by atoms with Crippen molar-refractivity contribution in [2.75, 3.05) is 4.90 Å². The summed E-state index contributed by atoms with van der Waals surface area (Å²) in [6.07, 6.45) is 1.85. The highest BCUT2D eigenvalue weighted by Gasteiger charge is 2.33. The van der Waals surface area contributed by atoms with E-state index < -0.39 is 0 Å². The Balaban J connectivity index is 1.96. The summed E-state index contributed by atoms with van der Waals surface area (Å²) in [5.41, 5.74) is 1.58. The van der Waals surface area contributed by atoms with Gasteiger partial charge in [0, 0.05) is 4.88 Å². The van der Waals surface area contributed by atoms with E-state index in [1.165, 1.54) is 28.8 Å². The molecular formula is C15H10FNOS3. The molecule has 0 spiro atoms. The molecule has 1 aromatic heterocycles. The van der Waals surface area contributed by atoms with Crippen molar-refractivity contribution in [3.8, 4) is 0 Å². The number of hydrogen-bond donors (Lipinski definition) is 0. The Hall–Kier alpha value is -1.50. The molecule has 1 fully saturated rings. The van der Waals surface area contributed by atoms with Crippen LogP contribution in [0.4, 0.5) is 10.1 Å². The van der Waals surface area contributed by atoms with Crippen LogP contribution in [0.5, 0.6) is 0 Å². The predicted molar refractivity (Wildman–Crippen MR) is 91.1 cm³/mol. The van der Waals surface area contributed by atoms with Crippen LogP contribution in [0.3, 0.4) is 0 Å². The van der Waals surface area contributed by atoms with E-state index in [2.05, 4.69) is 0 Å². The summed E-state index contributed by atoms with van der Waals surface area (Å²) in [5, 5.41) is 1.98. The van der Waals surface area contributed by atoms with Gasteiger partial charge in [-0.3, -0.25) is 9.69 Å². The van der Waals surface area contributed by atoms with Gasteiger partial charge < -0.3 is 0 Å². The molecule has 0 N–H and O–H groups in total. The molecule has 0 saturated carbocycles. The molecule has 0 unspecified atom stereocenters. The van der Waals surface area contributed by atoms with Gasteiger partial charge in [0.05, 0.1) is 10.6 Å². The number of hydrogen-bond acceptors (Lipinski definition) is 4. The van der Waals surface area contributed by atoms with Crippen molar-refractivity contribution in [2.45, 2.75) is 6.92 Å². The van der Waals surface area contributed by atoms with Crippen LogP contribution in [0.15, 0.2) is 40.6 Å². The van der Waals surface area contributed by atoms with E-state index >= 15 is 0 Å². The number of carbonyl (C=O) groups is 1. The third-order valence-electron chi connectivity index (χ3n) is 3.02. The summed E-state index contributed by atoms with van der Waals surface area (Å²) in [5.74, 6) is -0.594. The van der Waals surface area contributed by atoms with Crippen LogP contribution in [0.1, 0.15) is 10.4 Å². The Kier molecular flexibility index (Phi) is 3.93. The third kappa shape index (κ3) is 2.79. The molecule has 1 saturated heterocycles. The molecule has 1 amide bonds. The van der Waals surface area contributed by atoms with Gasteiger partial charge in [-0.2, -0.15) is 0 Å². The molecule has 2 nitrogen and oxygen atoms in total. The number of thiophene rings is 1. The lowest BCUT2D eigenvalue weighted by Gasteiger charge is -2.14. The van der Waals surface area contributed by atoms with Gasteiger partial charge in [0.2, 0.25) is 0 Å². The maximum atomic E-state index is 13.3. The molecule has 0 radical (unpaired) electrons. The van der Waals surface area contributed by atoms with Gasteiger partial charge in [-0.05, 0) is 48.2 Å². The Morgan fingerprint density at radius 3 is 2.81 bits per heavy atom. The molecule has 0 atom stereocenters. The highest BCUT2D eigenvalue weighted by Crippen LogP contribution is 2.37. The van der Waals surface area contributed by atoms with Crippen molar-refractivity contribution in [1.82, 2.24) is 0 Å². The van der Waals surface area contributed by atoms with Crippen LogP contribution in [-0.4, -0.2) is 10.2 Å². The van der Waals surface area contributed by atoms with Crippen LogP contribution in [0.25, 0.3) is 6.08 Å². The van der Waals surface area contributed by atoms with Crippen molar-refractivity contribution in [3.63, 3.8) is 0 Å². The van der Waals surface area contributed by atoms with Gasteiger partial charge >= 0.3 is 0 Å². The number of rotatable bonds is 2. The zero-order valence-electron chi connectivity index (χ0n) is 11.0. The lowest BCUT2D eigenvalue weighted by Crippen LogP contribution is -2.27. The van der Waals surface area contributed by atoms with Gasteiger partial charge in [0.25, 0.3) is 5.91 Å². The fourth-order valence-corrected chi connectivity index (χ4v) is 4.17. The molecule has 2 heterocycles. The Morgan fingerprint density at radius 1 is 1.33 bits per heavy atom. The first-order valence-electron chi connectivity index (χ1n) is 6.14. The minimum absolute atomic E-state index is 0.205. The van der Waals surface area contributed by atoms with Gasteiger partial charge in [0.15, 0.2) is 4.32 Å². The SMILES string of the molecule is Cc1ccsc1C=C1SC(=S)N(c2cccc(F)c2)C1=O. The first kappa shape index (κ1) is 14.4. The number of anilines is 1. The zero-order valence-corrected chi connectivity index (χ0v) is 13.4. The summed E-state index contributed by atoms with van der Waals surface area (Å²) in [6, 6.07) is 7.89. The van der Waals surface area contributed by atoms with E-state index in [-0.39, 0.29) is 11.7 Å². The number of halogens is 1. The molecule has 0 aliphatic carbocycles. The highest BCUT2D eigenvalue weighted by atomic mass is 32.2. The Morgan fingerprint density at radius 2 is 2.14 bits per heavy atom. The minimum Gasteiger partial charge on any atom is -0.268 e. The fraction of sp³-hybridized carbons (Fsp3) is 0.0667. The van der Waals surface area contributed by atoms with E-state index in [9.17, 15) is 9.18 Å². The number of thiocarbonyl (C=S) groups is 1. The molecular weight excluding hydrogens is 325 g/mol. The second kappa shape index (κ2) is 5.71. The van der Waals surface area contributed by atoms with E-state index in [1.807, 2.05) is 24.4 Å². The number of nitrogens with zero attached hydrogens (tertiary/aromatic N) is 1. The molecule has 6 heteroatoms. The second-order valence-electron chi connectivity index (χ2n) is 4.46. The van der Waals surface area contributed by atoms with Crippen LogP contribution in [-0.2, 0) is 4.79 Å². The lowest BCUT2D eigenvalue weighted by molar-refractivity contribution is -0.113. The van der Waals surface area contributed by atoms with Crippen LogP contribution in [0, 0.1) is 12.7 Å². The Bertz CT molecular complexity index is 766. The summed E-state index contributed by atoms with van der Waals surface area (Å²) in [6.45, 7) is 2.00. The topological polar surface area (TPSA) is 20.3 Å². The van der Waals surface area contributed by atoms with Crippen molar-refractivity contribution in [3.05, 3.63) is 56.9 Å². The van der Waals surface area contributed by atoms with Crippen LogP contribution < -0.4 is 4.90 Å². The maximum Gasteiger partial charge on any atom is 0.270 e. The second-order valence-corrected chi connectivity index (χ2v) is 7.09. The third-order valence-corrected chi connectivity index (χ3v) is 5.29. The normalized spacial score (nSPS) is 17.0. The van der Waals surface area contributed by atoms with Crippen LogP contribution in [0.2, 0.25) is 0 Å². The monoisotopic (exact) mass is 335 g/mol. The summed E-state index contributed by atoms with van der Waals surface area (Å²) >= 11 is 8.07. The lowest BCUT2D eigenvalue weighted by atomic mass is 10.2. The van der Waals surface area contributed by atoms with E-state index in [0.29, 0.717) is 14.9 Å². The first-order chi connectivity index (χ1) is 10.1. The van der Waals surface area contributed by atoms with Gasteiger partial charge in [0.1, 0.15) is 5.82 Å². The molecule has 0 bridgehead atoms. The minimum atomic E-state index is -0.389. The van der Waals surface area contributed by atoms with Crippen LogP contribution >= 0.6 is 35.3 Å². The zero-order chi connectivity index (χ0) is 15.0. The molecule has 1 aliphatic heterocycles. The van der Waals surface area contributed by atoms with Crippen molar-refractivity contribution in [2.24, 2.45) is 0 Å². The van der Waals surface area contributed by atoms with Crippen molar-refractivity contribution < 1.29 is 9.18 Å². The van der Waals surface area contributed by atoms with Gasteiger partial charge in [-0.15, -0.1) is 11.3 Å². The molecule has 106 valence electrons. The number of amides is 1. The first-order valence-corrected chi connectivity index (χ1v) is 8.24. The number of aryl methyl sites for hydroxylation is 1. The van der Waals surface area contributed by atoms with Crippen molar-refractivity contribution in [1.29, 1.82) is 0 Å². The standard InChI is InChI=1S/C15H10FNOS3/c1-9-5-6-20-12(9)8-13-14(18)17(15(19)21-13)11-4-2-3-10(16)7-11/h2-8H,1H3. The average molecular weight is 335 g/mol. The number of carbonyl (C=O) groups excluding carboxylic acids is 1. The van der Waals surface area contributed by atoms with Crippen molar-refractivity contribution >= 4 is 57.3 Å². The molecule has 3 rings (SSSR count). The molecule has 21 heavy (non-hydrogen) atoms. The van der Waals surface area contributed by atoms with Gasteiger partial charge in [-0.1, -0.05) is 30.0 Å².